The molecule has 2 aromatic heterocycles. The van der Waals surface area contributed by atoms with E-state index in [1.54, 1.807) is 36.4 Å². The summed E-state index contributed by atoms with van der Waals surface area (Å²) in [6.07, 6.45) is 0. The van der Waals surface area contributed by atoms with Gasteiger partial charge >= 0.3 is 0 Å². The highest BCUT2D eigenvalue weighted by Gasteiger charge is 2.13. The van der Waals surface area contributed by atoms with E-state index in [4.69, 9.17) is 21.6 Å². The van der Waals surface area contributed by atoms with E-state index in [9.17, 15) is 0 Å². The van der Waals surface area contributed by atoms with Crippen molar-refractivity contribution in [3.63, 3.8) is 0 Å². The number of rotatable bonds is 6. The fourth-order valence-electron chi connectivity index (χ4n) is 2.03. The quantitative estimate of drug-likeness (QED) is 0.655. The molecule has 0 spiro atoms. The van der Waals surface area contributed by atoms with Crippen molar-refractivity contribution in [1.29, 1.82) is 5.26 Å². The fourth-order valence-corrected chi connectivity index (χ4v) is 2.98. The standard InChI is InChI=1S/C16H13ClN6OS/c1-2-23-14(10-24-13-6-3-11(17)4-7-13)20-22-16(23)25-15-8-5-12(9-18)19-21-15/h3-8H,2,10H2,1H3. The third-order valence-electron chi connectivity index (χ3n) is 3.24. The Labute approximate surface area is 153 Å². The zero-order valence-corrected chi connectivity index (χ0v) is 14.8. The van der Waals surface area contributed by atoms with Crippen molar-refractivity contribution in [3.05, 3.63) is 52.9 Å². The molecule has 1 aromatic carbocycles. The van der Waals surface area contributed by atoms with Gasteiger partial charge in [0.25, 0.3) is 0 Å². The molecule has 7 nitrogen and oxygen atoms in total. The van der Waals surface area contributed by atoms with Gasteiger partial charge in [-0.15, -0.1) is 20.4 Å². The summed E-state index contributed by atoms with van der Waals surface area (Å²) in [5.41, 5.74) is 0.276. The molecule has 0 amide bonds. The van der Waals surface area contributed by atoms with Crippen molar-refractivity contribution < 1.29 is 4.74 Å². The Kier molecular flexibility index (Phi) is 5.48. The van der Waals surface area contributed by atoms with Gasteiger partial charge in [0.2, 0.25) is 0 Å². The van der Waals surface area contributed by atoms with E-state index in [0.717, 1.165) is 0 Å². The summed E-state index contributed by atoms with van der Waals surface area (Å²) < 4.78 is 7.67. The number of ether oxygens (including phenoxy) is 1. The number of nitriles is 1. The fraction of sp³-hybridized carbons (Fsp3) is 0.188. The van der Waals surface area contributed by atoms with Crippen molar-refractivity contribution in [3.8, 4) is 11.8 Å². The lowest BCUT2D eigenvalue weighted by Gasteiger charge is -2.08. The third kappa shape index (κ3) is 4.26. The summed E-state index contributed by atoms with van der Waals surface area (Å²) in [6, 6.07) is 12.4. The van der Waals surface area contributed by atoms with Crippen LogP contribution in [0.5, 0.6) is 5.75 Å². The Bertz CT molecular complexity index is 888. The van der Waals surface area contributed by atoms with Crippen molar-refractivity contribution in [2.75, 3.05) is 0 Å². The van der Waals surface area contributed by atoms with E-state index in [1.165, 1.54) is 11.8 Å². The number of aromatic nitrogens is 5. The van der Waals surface area contributed by atoms with E-state index < -0.39 is 0 Å². The van der Waals surface area contributed by atoms with E-state index in [1.807, 2.05) is 17.6 Å². The summed E-state index contributed by atoms with van der Waals surface area (Å²) in [5, 5.41) is 27.0. The summed E-state index contributed by atoms with van der Waals surface area (Å²) in [7, 11) is 0. The maximum Gasteiger partial charge on any atom is 0.197 e. The normalized spacial score (nSPS) is 10.4. The lowest BCUT2D eigenvalue weighted by atomic mass is 10.3. The molecule has 0 saturated carbocycles. The summed E-state index contributed by atoms with van der Waals surface area (Å²) in [5.74, 6) is 1.42. The van der Waals surface area contributed by atoms with Gasteiger partial charge in [-0.2, -0.15) is 5.26 Å². The molecular formula is C16H13ClN6OS. The van der Waals surface area contributed by atoms with Crippen LogP contribution in [-0.4, -0.2) is 25.0 Å². The number of benzene rings is 1. The third-order valence-corrected chi connectivity index (χ3v) is 4.41. The number of halogens is 1. The molecule has 9 heteroatoms. The Balaban J connectivity index is 1.71. The lowest BCUT2D eigenvalue weighted by Crippen LogP contribution is -2.07. The van der Waals surface area contributed by atoms with Crippen LogP contribution in [0.3, 0.4) is 0 Å². The first-order chi connectivity index (χ1) is 12.2. The average Bonchev–Trinajstić information content (AvgIpc) is 3.03. The van der Waals surface area contributed by atoms with E-state index >= 15 is 0 Å². The minimum absolute atomic E-state index is 0.276. The summed E-state index contributed by atoms with van der Waals surface area (Å²) >= 11 is 7.20. The molecule has 0 bridgehead atoms. The second kappa shape index (κ2) is 7.96. The molecule has 0 aliphatic rings. The van der Waals surface area contributed by atoms with Crippen LogP contribution in [-0.2, 0) is 13.2 Å². The largest absolute Gasteiger partial charge is 0.486 e. The predicted octanol–water partition coefficient (Wildman–Crippen LogP) is 3.34. The SMILES string of the molecule is CCn1c(COc2ccc(Cl)cc2)nnc1Sc1ccc(C#N)nn1. The first-order valence-electron chi connectivity index (χ1n) is 7.41. The number of nitrogens with zero attached hydrogens (tertiary/aromatic N) is 6. The maximum absolute atomic E-state index is 8.76. The second-order valence-electron chi connectivity index (χ2n) is 4.86. The molecule has 0 aliphatic heterocycles. The molecule has 0 unspecified atom stereocenters. The lowest BCUT2D eigenvalue weighted by molar-refractivity contribution is 0.288. The molecular weight excluding hydrogens is 360 g/mol. The zero-order chi connectivity index (χ0) is 17.6. The van der Waals surface area contributed by atoms with Gasteiger partial charge in [0.05, 0.1) is 0 Å². The minimum Gasteiger partial charge on any atom is -0.486 e. The molecule has 0 saturated heterocycles. The van der Waals surface area contributed by atoms with Gasteiger partial charge in [0.1, 0.15) is 23.5 Å². The van der Waals surface area contributed by atoms with E-state index in [-0.39, 0.29) is 5.69 Å². The molecule has 0 fully saturated rings. The van der Waals surface area contributed by atoms with Crippen LogP contribution in [0.25, 0.3) is 0 Å². The molecule has 126 valence electrons. The van der Waals surface area contributed by atoms with Crippen LogP contribution in [0.2, 0.25) is 5.02 Å². The Morgan fingerprint density at radius 3 is 2.56 bits per heavy atom. The molecule has 25 heavy (non-hydrogen) atoms. The molecule has 3 rings (SSSR count). The van der Waals surface area contributed by atoms with Crippen LogP contribution < -0.4 is 4.74 Å². The molecule has 0 N–H and O–H groups in total. The van der Waals surface area contributed by atoms with E-state index in [2.05, 4.69) is 20.4 Å². The van der Waals surface area contributed by atoms with Gasteiger partial charge in [-0.1, -0.05) is 11.6 Å². The Morgan fingerprint density at radius 1 is 1.12 bits per heavy atom. The average molecular weight is 373 g/mol. The number of hydrogen-bond donors (Lipinski definition) is 0. The minimum atomic E-state index is 0.276. The molecule has 2 heterocycles. The van der Waals surface area contributed by atoms with Gasteiger partial charge in [-0.3, -0.25) is 0 Å². The molecule has 3 aromatic rings. The van der Waals surface area contributed by atoms with Gasteiger partial charge in [0.15, 0.2) is 16.7 Å². The highest BCUT2D eigenvalue weighted by Crippen LogP contribution is 2.25. The van der Waals surface area contributed by atoms with Crippen molar-refractivity contribution >= 4 is 23.4 Å². The van der Waals surface area contributed by atoms with Crippen LogP contribution in [0.1, 0.15) is 18.4 Å². The molecule has 0 radical (unpaired) electrons. The van der Waals surface area contributed by atoms with Crippen molar-refractivity contribution in [2.24, 2.45) is 0 Å². The van der Waals surface area contributed by atoms with E-state index in [0.29, 0.717) is 39.9 Å². The van der Waals surface area contributed by atoms with Crippen LogP contribution >= 0.6 is 23.4 Å². The number of hydrogen-bond acceptors (Lipinski definition) is 7. The van der Waals surface area contributed by atoms with Crippen LogP contribution in [0.4, 0.5) is 0 Å². The Hall–Kier alpha value is -2.63. The van der Waals surface area contributed by atoms with Crippen LogP contribution in [0.15, 0.2) is 46.6 Å². The second-order valence-corrected chi connectivity index (χ2v) is 6.28. The van der Waals surface area contributed by atoms with Gasteiger partial charge < -0.3 is 9.30 Å². The van der Waals surface area contributed by atoms with Crippen molar-refractivity contribution in [2.45, 2.75) is 30.3 Å². The monoisotopic (exact) mass is 372 g/mol. The van der Waals surface area contributed by atoms with Crippen LogP contribution in [0, 0.1) is 11.3 Å². The highest BCUT2D eigenvalue weighted by atomic mass is 35.5. The first-order valence-corrected chi connectivity index (χ1v) is 8.61. The summed E-state index contributed by atoms with van der Waals surface area (Å²) in [6.45, 7) is 2.99. The van der Waals surface area contributed by atoms with Gasteiger partial charge in [-0.05, 0) is 55.1 Å². The zero-order valence-electron chi connectivity index (χ0n) is 13.3. The van der Waals surface area contributed by atoms with Gasteiger partial charge in [0, 0.05) is 11.6 Å². The summed E-state index contributed by atoms with van der Waals surface area (Å²) in [4.78, 5) is 0. The maximum atomic E-state index is 8.76. The smallest absolute Gasteiger partial charge is 0.197 e. The Morgan fingerprint density at radius 2 is 1.92 bits per heavy atom. The first kappa shape index (κ1) is 17.2. The topological polar surface area (TPSA) is 89.5 Å². The predicted molar refractivity (Wildman–Crippen MR) is 92.4 cm³/mol. The van der Waals surface area contributed by atoms with Crippen molar-refractivity contribution in [1.82, 2.24) is 25.0 Å². The molecule has 0 aliphatic carbocycles. The molecule has 0 atom stereocenters. The van der Waals surface area contributed by atoms with Gasteiger partial charge in [-0.25, -0.2) is 0 Å². The highest BCUT2D eigenvalue weighted by molar-refractivity contribution is 7.99.